The van der Waals surface area contributed by atoms with Gasteiger partial charge in [0.1, 0.15) is 11.5 Å². The smallest absolute Gasteiger partial charge is 0.410 e. The SMILES string of the molecule is CCCNC(=O)Oc1ccc2c(c1)CC[C@@H]1[C@@H]2CC[C@]2(C)C(=O)CC[C@@H]12. The zero-order chi connectivity index (χ0) is 18.3. The third kappa shape index (κ3) is 2.83. The average Bonchev–Trinajstić information content (AvgIpc) is 2.94. The summed E-state index contributed by atoms with van der Waals surface area (Å²) in [4.78, 5) is 24.2. The van der Waals surface area contributed by atoms with E-state index in [1.807, 2.05) is 19.1 Å². The van der Waals surface area contributed by atoms with Crippen LogP contribution in [0.1, 0.15) is 69.4 Å². The molecule has 0 saturated heterocycles. The van der Waals surface area contributed by atoms with E-state index < -0.39 is 0 Å². The van der Waals surface area contributed by atoms with Gasteiger partial charge in [-0.15, -0.1) is 0 Å². The molecule has 26 heavy (non-hydrogen) atoms. The average molecular weight is 355 g/mol. The fourth-order valence-electron chi connectivity index (χ4n) is 5.76. The molecule has 1 aromatic carbocycles. The van der Waals surface area contributed by atoms with Crippen LogP contribution in [0.2, 0.25) is 0 Å². The molecule has 0 aliphatic heterocycles. The normalized spacial score (nSPS) is 32.4. The molecule has 0 radical (unpaired) electrons. The van der Waals surface area contributed by atoms with Crippen LogP contribution in [-0.4, -0.2) is 18.4 Å². The van der Waals surface area contributed by atoms with E-state index >= 15 is 0 Å². The van der Waals surface area contributed by atoms with Crippen molar-refractivity contribution in [3.63, 3.8) is 0 Å². The third-order valence-electron chi connectivity index (χ3n) is 7.14. The van der Waals surface area contributed by atoms with Crippen molar-refractivity contribution in [2.45, 2.75) is 64.7 Å². The second kappa shape index (κ2) is 6.71. The summed E-state index contributed by atoms with van der Waals surface area (Å²) < 4.78 is 5.42. The highest BCUT2D eigenvalue weighted by molar-refractivity contribution is 5.87. The highest BCUT2D eigenvalue weighted by Gasteiger charge is 2.54. The Morgan fingerprint density at radius 1 is 1.27 bits per heavy atom. The van der Waals surface area contributed by atoms with Crippen LogP contribution in [0.15, 0.2) is 18.2 Å². The number of ether oxygens (including phenoxy) is 1. The number of Topliss-reactive ketones (excluding diaryl/α,β-unsaturated/α-hetero) is 1. The minimum absolute atomic E-state index is 0.0703. The Balaban J connectivity index is 1.52. The molecule has 2 saturated carbocycles. The molecule has 0 heterocycles. The number of amides is 1. The Hall–Kier alpha value is -1.84. The molecular weight excluding hydrogens is 326 g/mol. The van der Waals surface area contributed by atoms with Crippen LogP contribution in [0.3, 0.4) is 0 Å². The second-order valence-electron chi connectivity index (χ2n) is 8.51. The van der Waals surface area contributed by atoms with Crippen LogP contribution in [0.4, 0.5) is 4.79 Å². The van der Waals surface area contributed by atoms with Crippen LogP contribution in [0.25, 0.3) is 0 Å². The third-order valence-corrected chi connectivity index (χ3v) is 7.14. The summed E-state index contributed by atoms with van der Waals surface area (Å²) in [6, 6.07) is 6.14. The fraction of sp³-hybridized carbons (Fsp3) is 0.636. The number of rotatable bonds is 3. The Morgan fingerprint density at radius 3 is 2.92 bits per heavy atom. The van der Waals surface area contributed by atoms with Crippen LogP contribution in [0, 0.1) is 17.3 Å². The van der Waals surface area contributed by atoms with Gasteiger partial charge in [0, 0.05) is 18.4 Å². The standard InChI is InChI=1S/C22H29NO3/c1-3-12-23-21(25)26-15-5-7-16-14(13-15)4-6-18-17(16)10-11-22(2)19(18)8-9-20(22)24/h5,7,13,17-19H,3-4,6,8-12H2,1-2H3,(H,23,25)/t17-,18-,19+,22+/m1/s1. The van der Waals surface area contributed by atoms with E-state index in [0.717, 1.165) is 44.9 Å². The van der Waals surface area contributed by atoms with Gasteiger partial charge in [0.05, 0.1) is 0 Å². The molecule has 0 bridgehead atoms. The Labute approximate surface area is 155 Å². The van der Waals surface area contributed by atoms with Gasteiger partial charge in [-0.1, -0.05) is 19.9 Å². The van der Waals surface area contributed by atoms with E-state index in [2.05, 4.69) is 18.3 Å². The van der Waals surface area contributed by atoms with Gasteiger partial charge in [-0.05, 0) is 79.5 Å². The van der Waals surface area contributed by atoms with Crippen LogP contribution >= 0.6 is 0 Å². The number of nitrogens with one attached hydrogen (secondary N) is 1. The van der Waals surface area contributed by atoms with Crippen molar-refractivity contribution in [1.29, 1.82) is 0 Å². The van der Waals surface area contributed by atoms with E-state index in [0.29, 0.717) is 35.8 Å². The van der Waals surface area contributed by atoms with Crippen molar-refractivity contribution < 1.29 is 14.3 Å². The summed E-state index contributed by atoms with van der Waals surface area (Å²) in [6.07, 6.45) is 6.66. The number of benzene rings is 1. The molecule has 1 N–H and O–H groups in total. The van der Waals surface area contributed by atoms with E-state index in [1.54, 1.807) is 0 Å². The van der Waals surface area contributed by atoms with Crippen LogP contribution in [-0.2, 0) is 11.2 Å². The number of hydrogen-bond donors (Lipinski definition) is 1. The maximum atomic E-state index is 12.4. The lowest BCUT2D eigenvalue weighted by atomic mass is 9.55. The Morgan fingerprint density at radius 2 is 2.12 bits per heavy atom. The van der Waals surface area contributed by atoms with Crippen molar-refractivity contribution in [2.75, 3.05) is 6.54 Å². The molecule has 1 aromatic rings. The highest BCUT2D eigenvalue weighted by atomic mass is 16.6. The number of ketones is 1. The predicted molar refractivity (Wildman–Crippen MR) is 100 cm³/mol. The largest absolute Gasteiger partial charge is 0.412 e. The number of fused-ring (bicyclic) bond motifs is 5. The lowest BCUT2D eigenvalue weighted by Gasteiger charge is -2.48. The lowest BCUT2D eigenvalue weighted by molar-refractivity contribution is -0.129. The van der Waals surface area contributed by atoms with Gasteiger partial charge in [-0.25, -0.2) is 4.79 Å². The molecule has 0 spiro atoms. The van der Waals surface area contributed by atoms with Gasteiger partial charge < -0.3 is 10.1 Å². The topological polar surface area (TPSA) is 55.4 Å². The van der Waals surface area contributed by atoms with Crippen molar-refractivity contribution in [1.82, 2.24) is 5.32 Å². The molecule has 4 atom stereocenters. The van der Waals surface area contributed by atoms with Crippen molar-refractivity contribution in [2.24, 2.45) is 17.3 Å². The highest BCUT2D eigenvalue weighted by Crippen LogP contribution is 2.59. The molecule has 1 amide bonds. The van der Waals surface area contributed by atoms with Crippen molar-refractivity contribution >= 4 is 11.9 Å². The molecule has 3 aliphatic carbocycles. The number of carbonyl (C=O) groups is 2. The van der Waals surface area contributed by atoms with E-state index in [1.165, 1.54) is 11.1 Å². The first-order chi connectivity index (χ1) is 12.5. The van der Waals surface area contributed by atoms with Gasteiger partial charge in [0.25, 0.3) is 0 Å². The summed E-state index contributed by atoms with van der Waals surface area (Å²) in [6.45, 7) is 4.86. The second-order valence-corrected chi connectivity index (χ2v) is 8.51. The molecule has 2 fully saturated rings. The fourth-order valence-corrected chi connectivity index (χ4v) is 5.76. The maximum Gasteiger partial charge on any atom is 0.412 e. The zero-order valence-corrected chi connectivity index (χ0v) is 15.8. The molecule has 0 aromatic heterocycles. The van der Waals surface area contributed by atoms with Gasteiger partial charge in [-0.2, -0.15) is 0 Å². The Bertz CT molecular complexity index is 728. The number of aryl methyl sites for hydroxylation is 1. The minimum atomic E-state index is -0.376. The molecule has 0 unspecified atom stereocenters. The minimum Gasteiger partial charge on any atom is -0.410 e. The summed E-state index contributed by atoms with van der Waals surface area (Å²) in [5.41, 5.74) is 2.67. The first-order valence-corrected chi connectivity index (χ1v) is 10.1. The van der Waals surface area contributed by atoms with Crippen molar-refractivity contribution in [3.8, 4) is 5.75 Å². The summed E-state index contributed by atoms with van der Waals surface area (Å²) in [5.74, 6) is 2.87. The number of carbonyl (C=O) groups excluding carboxylic acids is 2. The molecule has 3 aliphatic rings. The lowest BCUT2D eigenvalue weighted by Crippen LogP contribution is -2.42. The van der Waals surface area contributed by atoms with Gasteiger partial charge >= 0.3 is 6.09 Å². The van der Waals surface area contributed by atoms with E-state index in [-0.39, 0.29) is 11.5 Å². The van der Waals surface area contributed by atoms with E-state index in [9.17, 15) is 9.59 Å². The molecule has 4 heteroatoms. The summed E-state index contributed by atoms with van der Waals surface area (Å²) >= 11 is 0. The monoisotopic (exact) mass is 355 g/mol. The van der Waals surface area contributed by atoms with E-state index in [4.69, 9.17) is 4.74 Å². The molecule has 140 valence electrons. The molecule has 4 nitrogen and oxygen atoms in total. The van der Waals surface area contributed by atoms with Gasteiger partial charge in [0.2, 0.25) is 0 Å². The van der Waals surface area contributed by atoms with Gasteiger partial charge in [-0.3, -0.25) is 4.79 Å². The molecular formula is C22H29NO3. The zero-order valence-electron chi connectivity index (χ0n) is 15.8. The first kappa shape index (κ1) is 17.6. The van der Waals surface area contributed by atoms with Crippen LogP contribution < -0.4 is 10.1 Å². The summed E-state index contributed by atoms with van der Waals surface area (Å²) in [5, 5.41) is 2.75. The number of hydrogen-bond acceptors (Lipinski definition) is 3. The van der Waals surface area contributed by atoms with Crippen molar-refractivity contribution in [3.05, 3.63) is 29.3 Å². The molecule has 4 rings (SSSR count). The van der Waals surface area contributed by atoms with Crippen LogP contribution in [0.5, 0.6) is 5.75 Å². The summed E-state index contributed by atoms with van der Waals surface area (Å²) in [7, 11) is 0. The Kier molecular flexibility index (Phi) is 4.54. The quantitative estimate of drug-likeness (QED) is 0.861. The van der Waals surface area contributed by atoms with Gasteiger partial charge in [0.15, 0.2) is 0 Å². The predicted octanol–water partition coefficient (Wildman–Crippen LogP) is 4.61. The first-order valence-electron chi connectivity index (χ1n) is 10.1. The maximum absolute atomic E-state index is 12.4.